The van der Waals surface area contributed by atoms with Crippen molar-refractivity contribution in [3.8, 4) is 0 Å². The van der Waals surface area contributed by atoms with Crippen LogP contribution >= 0.6 is 0 Å². The van der Waals surface area contributed by atoms with Crippen LogP contribution in [0.4, 0.5) is 5.69 Å². The van der Waals surface area contributed by atoms with E-state index in [1.165, 1.54) is 44.6 Å². The minimum Gasteiger partial charge on any atom is -0.385 e. The van der Waals surface area contributed by atoms with Crippen LogP contribution in [0.5, 0.6) is 0 Å². The van der Waals surface area contributed by atoms with Gasteiger partial charge in [-0.3, -0.25) is 0 Å². The van der Waals surface area contributed by atoms with Crippen LogP contribution in [0.25, 0.3) is 0 Å². The number of aryl methyl sites for hydroxylation is 6. The Morgan fingerprint density at radius 3 is 1.76 bits per heavy atom. The fourth-order valence-corrected chi connectivity index (χ4v) is 4.08. The lowest BCUT2D eigenvalue weighted by atomic mass is 9.92. The molecule has 0 saturated heterocycles. The average molecular weight is 339 g/mol. The van der Waals surface area contributed by atoms with E-state index in [1.807, 2.05) is 0 Å². The van der Waals surface area contributed by atoms with E-state index in [1.54, 1.807) is 0 Å². The van der Waals surface area contributed by atoms with Crippen molar-refractivity contribution in [2.24, 2.45) is 5.73 Å². The zero-order valence-electron chi connectivity index (χ0n) is 16.8. The lowest BCUT2D eigenvalue weighted by Crippen LogP contribution is -2.14. The van der Waals surface area contributed by atoms with Gasteiger partial charge in [0.05, 0.1) is 0 Å². The van der Waals surface area contributed by atoms with Crippen molar-refractivity contribution < 1.29 is 0 Å². The SMILES string of the molecule is Cc1cc(C)c(NCCCCC(N)c2c(C)cc(C)cc2C)c(C)c1. The highest BCUT2D eigenvalue weighted by atomic mass is 14.9. The third-order valence-corrected chi connectivity index (χ3v) is 5.03. The Bertz CT molecular complexity index is 685. The lowest BCUT2D eigenvalue weighted by Gasteiger charge is -2.19. The number of nitrogens with one attached hydrogen (secondary N) is 1. The van der Waals surface area contributed by atoms with Gasteiger partial charge in [-0.25, -0.2) is 0 Å². The van der Waals surface area contributed by atoms with Crippen molar-refractivity contribution in [1.29, 1.82) is 0 Å². The minimum atomic E-state index is 0.142. The first kappa shape index (κ1) is 19.5. The van der Waals surface area contributed by atoms with E-state index >= 15 is 0 Å². The Morgan fingerprint density at radius 2 is 1.24 bits per heavy atom. The summed E-state index contributed by atoms with van der Waals surface area (Å²) < 4.78 is 0. The molecule has 0 bridgehead atoms. The standard InChI is InChI=1S/C23H34N2/c1-15-11-17(3)22(18(4)12-15)21(24)9-7-8-10-25-23-19(5)13-16(2)14-20(23)6/h11-14,21,25H,7-10,24H2,1-6H3. The largest absolute Gasteiger partial charge is 0.385 e. The molecule has 2 rings (SSSR count). The maximum atomic E-state index is 6.48. The van der Waals surface area contributed by atoms with Gasteiger partial charge in [-0.15, -0.1) is 0 Å². The Kier molecular flexibility index (Phi) is 6.66. The van der Waals surface area contributed by atoms with Gasteiger partial charge in [0.25, 0.3) is 0 Å². The molecule has 3 N–H and O–H groups in total. The molecule has 1 atom stereocenters. The molecule has 0 saturated carbocycles. The van der Waals surface area contributed by atoms with Crippen molar-refractivity contribution >= 4 is 5.69 Å². The molecule has 2 aromatic carbocycles. The van der Waals surface area contributed by atoms with Crippen molar-refractivity contribution in [3.63, 3.8) is 0 Å². The molecule has 0 radical (unpaired) electrons. The average Bonchev–Trinajstić information content (AvgIpc) is 2.47. The van der Waals surface area contributed by atoms with Gasteiger partial charge in [0.1, 0.15) is 0 Å². The highest BCUT2D eigenvalue weighted by molar-refractivity contribution is 5.58. The summed E-state index contributed by atoms with van der Waals surface area (Å²) in [5, 5.41) is 3.61. The number of anilines is 1. The van der Waals surface area contributed by atoms with Crippen LogP contribution in [0.3, 0.4) is 0 Å². The van der Waals surface area contributed by atoms with Gasteiger partial charge in [0.2, 0.25) is 0 Å². The lowest BCUT2D eigenvalue weighted by molar-refractivity contribution is 0.591. The van der Waals surface area contributed by atoms with Gasteiger partial charge in [0.15, 0.2) is 0 Å². The Morgan fingerprint density at radius 1 is 0.760 bits per heavy atom. The molecule has 0 aromatic heterocycles. The summed E-state index contributed by atoms with van der Waals surface area (Å²) >= 11 is 0. The summed E-state index contributed by atoms with van der Waals surface area (Å²) in [6.07, 6.45) is 3.33. The van der Waals surface area contributed by atoms with Gasteiger partial charge >= 0.3 is 0 Å². The van der Waals surface area contributed by atoms with Gasteiger partial charge in [-0.2, -0.15) is 0 Å². The number of benzene rings is 2. The topological polar surface area (TPSA) is 38.0 Å². The smallest absolute Gasteiger partial charge is 0.0399 e. The monoisotopic (exact) mass is 338 g/mol. The van der Waals surface area contributed by atoms with E-state index in [0.29, 0.717) is 0 Å². The second kappa shape index (κ2) is 8.53. The molecule has 0 heterocycles. The van der Waals surface area contributed by atoms with E-state index in [2.05, 4.69) is 71.1 Å². The molecule has 25 heavy (non-hydrogen) atoms. The van der Waals surface area contributed by atoms with Crippen LogP contribution in [-0.2, 0) is 0 Å². The molecule has 2 aromatic rings. The molecular weight excluding hydrogens is 304 g/mol. The fraction of sp³-hybridized carbons (Fsp3) is 0.478. The summed E-state index contributed by atoms with van der Waals surface area (Å²) in [6.45, 7) is 14.0. The highest BCUT2D eigenvalue weighted by Gasteiger charge is 2.12. The maximum Gasteiger partial charge on any atom is 0.0399 e. The molecule has 136 valence electrons. The number of hydrogen-bond donors (Lipinski definition) is 2. The summed E-state index contributed by atoms with van der Waals surface area (Å²) in [7, 11) is 0. The van der Waals surface area contributed by atoms with Crippen molar-refractivity contribution in [2.75, 3.05) is 11.9 Å². The van der Waals surface area contributed by atoms with Crippen molar-refractivity contribution in [3.05, 3.63) is 63.2 Å². The zero-order valence-corrected chi connectivity index (χ0v) is 16.8. The van der Waals surface area contributed by atoms with Crippen molar-refractivity contribution in [1.82, 2.24) is 0 Å². The third kappa shape index (κ3) is 5.09. The van der Waals surface area contributed by atoms with Crippen LogP contribution in [0.1, 0.15) is 64.2 Å². The Hall–Kier alpha value is -1.80. The first-order valence-electron chi connectivity index (χ1n) is 9.44. The number of hydrogen-bond acceptors (Lipinski definition) is 2. The Labute approximate surface area is 153 Å². The molecule has 0 aliphatic heterocycles. The molecule has 0 fully saturated rings. The van der Waals surface area contributed by atoms with Gasteiger partial charge in [-0.05, 0) is 88.6 Å². The molecule has 1 unspecified atom stereocenters. The van der Waals surface area contributed by atoms with Gasteiger partial charge < -0.3 is 11.1 Å². The molecule has 2 nitrogen and oxygen atoms in total. The molecule has 0 aliphatic carbocycles. The van der Waals surface area contributed by atoms with E-state index in [9.17, 15) is 0 Å². The first-order chi connectivity index (χ1) is 11.8. The predicted molar refractivity (Wildman–Crippen MR) is 111 cm³/mol. The molecule has 0 amide bonds. The van der Waals surface area contributed by atoms with E-state index in [0.717, 1.165) is 25.8 Å². The summed E-state index contributed by atoms with van der Waals surface area (Å²) in [5.74, 6) is 0. The summed E-state index contributed by atoms with van der Waals surface area (Å²) in [6, 6.07) is 9.12. The first-order valence-corrected chi connectivity index (χ1v) is 9.44. The normalized spacial score (nSPS) is 12.3. The van der Waals surface area contributed by atoms with E-state index in [4.69, 9.17) is 5.73 Å². The fourth-order valence-electron chi connectivity index (χ4n) is 4.08. The molecular formula is C23H34N2. The second-order valence-corrected chi connectivity index (χ2v) is 7.62. The van der Waals surface area contributed by atoms with Crippen LogP contribution < -0.4 is 11.1 Å². The minimum absolute atomic E-state index is 0.142. The summed E-state index contributed by atoms with van der Waals surface area (Å²) in [4.78, 5) is 0. The molecule has 0 aliphatic rings. The number of rotatable bonds is 7. The van der Waals surface area contributed by atoms with Crippen LogP contribution in [0.15, 0.2) is 24.3 Å². The quantitative estimate of drug-likeness (QED) is 0.624. The van der Waals surface area contributed by atoms with Crippen molar-refractivity contribution in [2.45, 2.75) is 66.8 Å². The second-order valence-electron chi connectivity index (χ2n) is 7.62. The predicted octanol–water partition coefficient (Wildman–Crippen LogP) is 5.82. The van der Waals surface area contributed by atoms with E-state index in [-0.39, 0.29) is 6.04 Å². The number of nitrogens with two attached hydrogens (primary N) is 1. The van der Waals surface area contributed by atoms with Gasteiger partial charge in [0, 0.05) is 18.3 Å². The third-order valence-electron chi connectivity index (χ3n) is 5.03. The maximum absolute atomic E-state index is 6.48. The zero-order chi connectivity index (χ0) is 18.6. The molecule has 0 spiro atoms. The highest BCUT2D eigenvalue weighted by Crippen LogP contribution is 2.26. The van der Waals surface area contributed by atoms with Crippen LogP contribution in [0.2, 0.25) is 0 Å². The Balaban J connectivity index is 1.84. The summed E-state index contributed by atoms with van der Waals surface area (Å²) in [5.41, 5.74) is 17.1. The van der Waals surface area contributed by atoms with E-state index < -0.39 is 0 Å². The number of unbranched alkanes of at least 4 members (excludes halogenated alkanes) is 1. The van der Waals surface area contributed by atoms with Gasteiger partial charge in [-0.1, -0.05) is 35.4 Å². The van der Waals surface area contributed by atoms with Crippen LogP contribution in [-0.4, -0.2) is 6.54 Å². The van der Waals surface area contributed by atoms with Crippen LogP contribution in [0, 0.1) is 41.5 Å². The molecule has 2 heteroatoms.